The number of hydrogen-bond acceptors (Lipinski definition) is 5. The number of piperidine rings is 1. The fourth-order valence-corrected chi connectivity index (χ4v) is 2.65. The van der Waals surface area contributed by atoms with Gasteiger partial charge in [-0.3, -0.25) is 4.79 Å². The van der Waals surface area contributed by atoms with Crippen LogP contribution in [0.15, 0.2) is 24.3 Å². The van der Waals surface area contributed by atoms with Gasteiger partial charge >= 0.3 is 0 Å². The maximum absolute atomic E-state index is 12.6. The number of carbonyl (C=O) groups excluding carboxylic acids is 1. The lowest BCUT2D eigenvalue weighted by molar-refractivity contribution is 0.0704. The quantitative estimate of drug-likeness (QED) is 0.917. The van der Waals surface area contributed by atoms with E-state index in [0.29, 0.717) is 23.7 Å². The van der Waals surface area contributed by atoms with Crippen LogP contribution in [0, 0.1) is 0 Å². The lowest BCUT2D eigenvalue weighted by Crippen LogP contribution is -2.39. The molecule has 2 aromatic rings. The van der Waals surface area contributed by atoms with E-state index in [2.05, 4.69) is 20.6 Å². The van der Waals surface area contributed by atoms with Crippen LogP contribution in [0.2, 0.25) is 0 Å². The SMILES string of the molecule is COc1cccc(C(=O)N2CCCC(c3nn[nH]n3)C2)c1. The van der Waals surface area contributed by atoms with Gasteiger partial charge in [-0.15, -0.1) is 10.2 Å². The molecule has 0 aliphatic carbocycles. The van der Waals surface area contributed by atoms with Crippen molar-refractivity contribution in [3.8, 4) is 5.75 Å². The monoisotopic (exact) mass is 287 g/mol. The van der Waals surface area contributed by atoms with E-state index >= 15 is 0 Å². The van der Waals surface area contributed by atoms with E-state index in [1.54, 1.807) is 13.2 Å². The maximum atomic E-state index is 12.6. The summed E-state index contributed by atoms with van der Waals surface area (Å²) in [4.78, 5) is 14.4. The van der Waals surface area contributed by atoms with Gasteiger partial charge in [-0.25, -0.2) is 0 Å². The molecule has 1 aromatic carbocycles. The van der Waals surface area contributed by atoms with E-state index in [-0.39, 0.29) is 11.8 Å². The zero-order valence-corrected chi connectivity index (χ0v) is 11.8. The molecule has 0 bridgehead atoms. The highest BCUT2D eigenvalue weighted by Crippen LogP contribution is 2.25. The zero-order valence-electron chi connectivity index (χ0n) is 11.8. The summed E-state index contributed by atoms with van der Waals surface area (Å²) in [5.74, 6) is 1.53. The Labute approximate surface area is 122 Å². The van der Waals surface area contributed by atoms with Gasteiger partial charge in [0.25, 0.3) is 5.91 Å². The number of amides is 1. The Kier molecular flexibility index (Phi) is 3.81. The van der Waals surface area contributed by atoms with Crippen LogP contribution in [0.5, 0.6) is 5.75 Å². The number of likely N-dealkylation sites (tertiary alicyclic amines) is 1. The lowest BCUT2D eigenvalue weighted by Gasteiger charge is -2.31. The molecule has 0 radical (unpaired) electrons. The van der Waals surface area contributed by atoms with Crippen LogP contribution in [0.1, 0.15) is 34.9 Å². The number of H-pyrrole nitrogens is 1. The molecule has 1 aliphatic rings. The van der Waals surface area contributed by atoms with Gasteiger partial charge in [-0.1, -0.05) is 11.3 Å². The van der Waals surface area contributed by atoms with Gasteiger partial charge in [-0.05, 0) is 31.0 Å². The van der Waals surface area contributed by atoms with Gasteiger partial charge in [0.05, 0.1) is 7.11 Å². The summed E-state index contributed by atoms with van der Waals surface area (Å²) in [5.41, 5.74) is 0.642. The van der Waals surface area contributed by atoms with E-state index in [0.717, 1.165) is 19.4 Å². The molecule has 2 heterocycles. The number of benzene rings is 1. The summed E-state index contributed by atoms with van der Waals surface area (Å²) in [6.07, 6.45) is 1.91. The summed E-state index contributed by atoms with van der Waals surface area (Å²) in [5, 5.41) is 14.1. The van der Waals surface area contributed by atoms with Crippen molar-refractivity contribution in [2.24, 2.45) is 0 Å². The summed E-state index contributed by atoms with van der Waals surface area (Å²) in [6.45, 7) is 1.37. The molecule has 1 saturated heterocycles. The number of ether oxygens (including phenoxy) is 1. The van der Waals surface area contributed by atoms with Crippen LogP contribution in [0.3, 0.4) is 0 Å². The molecule has 1 unspecified atom stereocenters. The molecule has 7 heteroatoms. The van der Waals surface area contributed by atoms with E-state index in [1.807, 2.05) is 23.1 Å². The molecule has 0 spiro atoms. The molecule has 1 aromatic heterocycles. The average molecular weight is 287 g/mol. The van der Waals surface area contributed by atoms with Crippen LogP contribution in [0.25, 0.3) is 0 Å². The number of nitrogens with one attached hydrogen (secondary N) is 1. The topological polar surface area (TPSA) is 84.0 Å². The fraction of sp³-hybridized carbons (Fsp3) is 0.429. The number of methoxy groups -OCH3 is 1. The summed E-state index contributed by atoms with van der Waals surface area (Å²) in [6, 6.07) is 7.23. The number of carbonyl (C=O) groups is 1. The first kappa shape index (κ1) is 13.5. The minimum Gasteiger partial charge on any atom is -0.497 e. The second-order valence-corrected chi connectivity index (χ2v) is 5.09. The lowest BCUT2D eigenvalue weighted by atomic mass is 9.97. The third-order valence-electron chi connectivity index (χ3n) is 3.75. The van der Waals surface area contributed by atoms with E-state index in [4.69, 9.17) is 4.74 Å². The molecule has 1 aliphatic heterocycles. The van der Waals surface area contributed by atoms with Crippen LogP contribution in [0.4, 0.5) is 0 Å². The average Bonchev–Trinajstić information content (AvgIpc) is 3.09. The number of nitrogens with zero attached hydrogens (tertiary/aromatic N) is 4. The van der Waals surface area contributed by atoms with Crippen molar-refractivity contribution in [2.75, 3.05) is 20.2 Å². The highest BCUT2D eigenvalue weighted by Gasteiger charge is 2.27. The largest absolute Gasteiger partial charge is 0.497 e. The molecule has 1 fully saturated rings. The van der Waals surface area contributed by atoms with E-state index in [9.17, 15) is 4.79 Å². The predicted octanol–water partition coefficient (Wildman–Crippen LogP) is 1.23. The molecule has 3 rings (SSSR count). The van der Waals surface area contributed by atoms with Gasteiger partial charge in [0.1, 0.15) is 5.75 Å². The second kappa shape index (κ2) is 5.90. The molecule has 21 heavy (non-hydrogen) atoms. The first-order chi connectivity index (χ1) is 10.3. The predicted molar refractivity (Wildman–Crippen MR) is 75.1 cm³/mol. The fourth-order valence-electron chi connectivity index (χ4n) is 2.65. The van der Waals surface area contributed by atoms with Crippen LogP contribution in [-0.2, 0) is 0 Å². The highest BCUT2D eigenvalue weighted by atomic mass is 16.5. The van der Waals surface area contributed by atoms with Crippen molar-refractivity contribution < 1.29 is 9.53 Å². The Hall–Kier alpha value is -2.44. The molecule has 7 nitrogen and oxygen atoms in total. The summed E-state index contributed by atoms with van der Waals surface area (Å²) >= 11 is 0. The van der Waals surface area contributed by atoms with Crippen LogP contribution in [-0.4, -0.2) is 51.6 Å². The molecular formula is C14H17N5O2. The highest BCUT2D eigenvalue weighted by molar-refractivity contribution is 5.94. The van der Waals surface area contributed by atoms with E-state index in [1.165, 1.54) is 0 Å². The maximum Gasteiger partial charge on any atom is 0.254 e. The number of aromatic nitrogens is 4. The number of aromatic amines is 1. The van der Waals surface area contributed by atoms with Crippen molar-refractivity contribution in [3.05, 3.63) is 35.7 Å². The standard InChI is InChI=1S/C14H17N5O2/c1-21-12-6-2-4-10(8-12)14(20)19-7-3-5-11(9-19)13-15-17-18-16-13/h2,4,6,8,11H,3,5,7,9H2,1H3,(H,15,16,17,18). The molecule has 1 N–H and O–H groups in total. The first-order valence-corrected chi connectivity index (χ1v) is 6.94. The van der Waals surface area contributed by atoms with Gasteiger partial charge in [0.15, 0.2) is 5.82 Å². The second-order valence-electron chi connectivity index (χ2n) is 5.09. The Morgan fingerprint density at radius 2 is 2.38 bits per heavy atom. The Morgan fingerprint density at radius 3 is 3.14 bits per heavy atom. The van der Waals surface area contributed by atoms with Crippen molar-refractivity contribution in [1.82, 2.24) is 25.5 Å². The normalized spacial score (nSPS) is 18.5. The smallest absolute Gasteiger partial charge is 0.254 e. The van der Waals surface area contributed by atoms with Gasteiger partial charge in [0.2, 0.25) is 0 Å². The summed E-state index contributed by atoms with van der Waals surface area (Å²) < 4.78 is 5.17. The molecule has 1 amide bonds. The van der Waals surface area contributed by atoms with E-state index < -0.39 is 0 Å². The van der Waals surface area contributed by atoms with Gasteiger partial charge in [0, 0.05) is 24.6 Å². The summed E-state index contributed by atoms with van der Waals surface area (Å²) in [7, 11) is 1.59. The van der Waals surface area contributed by atoms with Gasteiger partial charge in [-0.2, -0.15) is 5.21 Å². The third kappa shape index (κ3) is 2.86. The van der Waals surface area contributed by atoms with Gasteiger partial charge < -0.3 is 9.64 Å². The molecule has 110 valence electrons. The number of rotatable bonds is 3. The van der Waals surface area contributed by atoms with Crippen molar-refractivity contribution >= 4 is 5.91 Å². The molecule has 0 saturated carbocycles. The Balaban J connectivity index is 1.74. The van der Waals surface area contributed by atoms with Crippen LogP contribution >= 0.6 is 0 Å². The van der Waals surface area contributed by atoms with Crippen molar-refractivity contribution in [2.45, 2.75) is 18.8 Å². The van der Waals surface area contributed by atoms with Crippen molar-refractivity contribution in [1.29, 1.82) is 0 Å². The van der Waals surface area contributed by atoms with Crippen molar-refractivity contribution in [3.63, 3.8) is 0 Å². The zero-order chi connectivity index (χ0) is 14.7. The minimum absolute atomic E-state index is 0.0158. The third-order valence-corrected chi connectivity index (χ3v) is 3.75. The Bertz CT molecular complexity index is 614. The van der Waals surface area contributed by atoms with Crippen LogP contribution < -0.4 is 4.74 Å². The molecule has 1 atom stereocenters. The number of tetrazole rings is 1. The first-order valence-electron chi connectivity index (χ1n) is 6.94. The minimum atomic E-state index is 0.0158. The number of hydrogen-bond donors (Lipinski definition) is 1. The molecular weight excluding hydrogens is 270 g/mol. The Morgan fingerprint density at radius 1 is 1.48 bits per heavy atom.